The fourth-order valence-electron chi connectivity index (χ4n) is 2.60. The van der Waals surface area contributed by atoms with Crippen LogP contribution in [0.5, 0.6) is 17.2 Å². The van der Waals surface area contributed by atoms with Gasteiger partial charge in [-0.25, -0.2) is 8.42 Å². The summed E-state index contributed by atoms with van der Waals surface area (Å²) in [6.07, 6.45) is 0. The number of rotatable bonds is 7. The highest BCUT2D eigenvalue weighted by molar-refractivity contribution is 7.92. The maximum atomic E-state index is 12.6. The Labute approximate surface area is 165 Å². The molecule has 3 rings (SSSR count). The third-order valence-corrected chi connectivity index (χ3v) is 5.55. The number of nitrogens with one attached hydrogen (secondary N) is 1. The minimum atomic E-state index is -3.70. The van der Waals surface area contributed by atoms with Crippen molar-refractivity contribution in [3.63, 3.8) is 0 Å². The molecular weight excluding hydrogens is 376 g/mol. The van der Waals surface area contributed by atoms with Crippen molar-refractivity contribution in [3.8, 4) is 17.2 Å². The minimum Gasteiger partial charge on any atom is -0.497 e. The molecule has 3 aromatic carbocycles. The molecule has 0 bridgehead atoms. The largest absolute Gasteiger partial charge is 0.497 e. The van der Waals surface area contributed by atoms with Gasteiger partial charge in [0.1, 0.15) is 17.2 Å². The molecule has 0 heterocycles. The number of methoxy groups -OCH3 is 1. The zero-order chi connectivity index (χ0) is 20.1. The highest BCUT2D eigenvalue weighted by Gasteiger charge is 2.16. The van der Waals surface area contributed by atoms with E-state index in [4.69, 9.17) is 15.2 Å². The van der Waals surface area contributed by atoms with Gasteiger partial charge in [-0.05, 0) is 67.1 Å². The van der Waals surface area contributed by atoms with Crippen LogP contribution < -0.4 is 19.9 Å². The van der Waals surface area contributed by atoms with Crippen LogP contribution in [0.15, 0.2) is 71.6 Å². The van der Waals surface area contributed by atoms with Gasteiger partial charge in [0, 0.05) is 6.54 Å². The zero-order valence-electron chi connectivity index (χ0n) is 15.7. The first kappa shape index (κ1) is 19.7. The van der Waals surface area contributed by atoms with Crippen molar-refractivity contribution in [2.24, 2.45) is 5.73 Å². The first-order valence-electron chi connectivity index (χ1n) is 8.65. The van der Waals surface area contributed by atoms with Crippen molar-refractivity contribution in [2.75, 3.05) is 11.8 Å². The molecule has 0 spiro atoms. The van der Waals surface area contributed by atoms with E-state index in [9.17, 15) is 8.42 Å². The molecular formula is C21H22N2O4S. The summed E-state index contributed by atoms with van der Waals surface area (Å²) in [6, 6.07) is 18.9. The van der Waals surface area contributed by atoms with E-state index in [1.807, 2.05) is 6.92 Å². The van der Waals surface area contributed by atoms with Gasteiger partial charge in [-0.1, -0.05) is 17.7 Å². The number of hydrogen-bond acceptors (Lipinski definition) is 5. The van der Waals surface area contributed by atoms with Crippen molar-refractivity contribution in [2.45, 2.75) is 18.4 Å². The molecule has 0 radical (unpaired) electrons. The Morgan fingerprint density at radius 3 is 2.11 bits per heavy atom. The average molecular weight is 398 g/mol. The Hall–Kier alpha value is -3.03. The fraction of sp³-hybridized carbons (Fsp3) is 0.143. The summed E-state index contributed by atoms with van der Waals surface area (Å²) < 4.78 is 38.8. The molecule has 0 atom stereocenters. The molecule has 6 nitrogen and oxygen atoms in total. The third-order valence-electron chi connectivity index (χ3n) is 4.17. The van der Waals surface area contributed by atoms with Crippen LogP contribution in [-0.2, 0) is 16.6 Å². The average Bonchev–Trinajstić information content (AvgIpc) is 2.70. The van der Waals surface area contributed by atoms with E-state index in [2.05, 4.69) is 4.72 Å². The standard InChI is InChI=1S/C21H22N2O4S/c1-15-3-10-20(11-4-15)28(24,25)23-21-12-9-19(13-16(21)14-22)27-18-7-5-17(26-2)6-8-18/h3-13,23H,14,22H2,1-2H3. The highest BCUT2D eigenvalue weighted by atomic mass is 32.2. The van der Waals surface area contributed by atoms with Crippen LogP contribution in [0, 0.1) is 6.92 Å². The van der Waals surface area contributed by atoms with Crippen LogP contribution >= 0.6 is 0 Å². The SMILES string of the molecule is COc1ccc(Oc2ccc(NS(=O)(=O)c3ccc(C)cc3)c(CN)c2)cc1. The quantitative estimate of drug-likeness (QED) is 0.626. The van der Waals surface area contributed by atoms with E-state index in [-0.39, 0.29) is 11.4 Å². The first-order valence-corrected chi connectivity index (χ1v) is 10.1. The Morgan fingerprint density at radius 1 is 0.893 bits per heavy atom. The lowest BCUT2D eigenvalue weighted by Crippen LogP contribution is -2.15. The van der Waals surface area contributed by atoms with Gasteiger partial charge in [-0.15, -0.1) is 0 Å². The molecule has 3 N–H and O–H groups in total. The van der Waals surface area contributed by atoms with Crippen molar-refractivity contribution in [1.29, 1.82) is 0 Å². The normalized spacial score (nSPS) is 11.1. The van der Waals surface area contributed by atoms with Crippen molar-refractivity contribution >= 4 is 15.7 Å². The summed E-state index contributed by atoms with van der Waals surface area (Å²) in [5, 5.41) is 0. The van der Waals surface area contributed by atoms with E-state index in [1.165, 1.54) is 0 Å². The topological polar surface area (TPSA) is 90.6 Å². The van der Waals surface area contributed by atoms with Crippen molar-refractivity contribution in [3.05, 3.63) is 77.9 Å². The molecule has 0 aliphatic carbocycles. The number of nitrogens with two attached hydrogens (primary N) is 1. The number of benzene rings is 3. The molecule has 0 saturated heterocycles. The second kappa shape index (κ2) is 8.33. The summed E-state index contributed by atoms with van der Waals surface area (Å²) in [7, 11) is -2.11. The van der Waals surface area contributed by atoms with Gasteiger partial charge in [0.2, 0.25) is 0 Å². The van der Waals surface area contributed by atoms with Crippen LogP contribution in [0.25, 0.3) is 0 Å². The number of ether oxygens (including phenoxy) is 2. The summed E-state index contributed by atoms with van der Waals surface area (Å²) >= 11 is 0. The first-order chi connectivity index (χ1) is 13.4. The molecule has 0 unspecified atom stereocenters. The van der Waals surface area contributed by atoms with Crippen LogP contribution in [-0.4, -0.2) is 15.5 Å². The van der Waals surface area contributed by atoms with Crippen molar-refractivity contribution < 1.29 is 17.9 Å². The van der Waals surface area contributed by atoms with Gasteiger partial charge in [-0.3, -0.25) is 4.72 Å². The number of sulfonamides is 1. The van der Waals surface area contributed by atoms with Gasteiger partial charge in [0.15, 0.2) is 0 Å². The summed E-state index contributed by atoms with van der Waals surface area (Å²) in [5.74, 6) is 1.93. The van der Waals surface area contributed by atoms with Crippen LogP contribution in [0.2, 0.25) is 0 Å². The van der Waals surface area contributed by atoms with E-state index in [0.29, 0.717) is 22.7 Å². The Bertz CT molecular complexity index is 1050. The summed E-state index contributed by atoms with van der Waals surface area (Å²) in [4.78, 5) is 0.194. The summed E-state index contributed by atoms with van der Waals surface area (Å²) in [5.41, 5.74) is 7.86. The molecule has 0 amide bonds. The van der Waals surface area contributed by atoms with Crippen LogP contribution in [0.3, 0.4) is 0 Å². The summed E-state index contributed by atoms with van der Waals surface area (Å²) in [6.45, 7) is 2.06. The predicted molar refractivity (Wildman–Crippen MR) is 109 cm³/mol. The fourth-order valence-corrected chi connectivity index (χ4v) is 3.70. The van der Waals surface area contributed by atoms with Gasteiger partial charge in [0.05, 0.1) is 17.7 Å². The molecule has 28 heavy (non-hydrogen) atoms. The Morgan fingerprint density at radius 2 is 1.50 bits per heavy atom. The molecule has 0 aliphatic heterocycles. The lowest BCUT2D eigenvalue weighted by atomic mass is 10.2. The number of anilines is 1. The van der Waals surface area contributed by atoms with E-state index in [1.54, 1.807) is 73.8 Å². The molecule has 0 saturated carbocycles. The maximum absolute atomic E-state index is 12.6. The van der Waals surface area contributed by atoms with Gasteiger partial charge < -0.3 is 15.2 Å². The van der Waals surface area contributed by atoms with Crippen LogP contribution in [0.4, 0.5) is 5.69 Å². The molecule has 0 aromatic heterocycles. The zero-order valence-corrected chi connectivity index (χ0v) is 16.5. The smallest absolute Gasteiger partial charge is 0.261 e. The van der Waals surface area contributed by atoms with Gasteiger partial charge >= 0.3 is 0 Å². The second-order valence-corrected chi connectivity index (χ2v) is 7.90. The molecule has 0 fully saturated rings. The Balaban J connectivity index is 1.81. The van der Waals surface area contributed by atoms with E-state index in [0.717, 1.165) is 11.3 Å². The number of hydrogen-bond donors (Lipinski definition) is 2. The van der Waals surface area contributed by atoms with Crippen molar-refractivity contribution in [1.82, 2.24) is 0 Å². The molecule has 0 aliphatic rings. The van der Waals surface area contributed by atoms with Gasteiger partial charge in [0.25, 0.3) is 10.0 Å². The molecule has 146 valence electrons. The third kappa shape index (κ3) is 4.62. The van der Waals surface area contributed by atoms with Gasteiger partial charge in [-0.2, -0.15) is 0 Å². The highest BCUT2D eigenvalue weighted by Crippen LogP contribution is 2.29. The van der Waals surface area contributed by atoms with E-state index >= 15 is 0 Å². The monoisotopic (exact) mass is 398 g/mol. The van der Waals surface area contributed by atoms with Crippen LogP contribution in [0.1, 0.15) is 11.1 Å². The second-order valence-electron chi connectivity index (χ2n) is 6.22. The molecule has 3 aromatic rings. The molecule has 7 heteroatoms. The number of aryl methyl sites for hydroxylation is 1. The predicted octanol–water partition coefficient (Wildman–Crippen LogP) is 4.06. The minimum absolute atomic E-state index is 0.158. The Kier molecular flexibility index (Phi) is 5.87. The van der Waals surface area contributed by atoms with E-state index < -0.39 is 10.0 Å². The lowest BCUT2D eigenvalue weighted by molar-refractivity contribution is 0.413. The lowest BCUT2D eigenvalue weighted by Gasteiger charge is -2.14. The maximum Gasteiger partial charge on any atom is 0.261 e.